The van der Waals surface area contributed by atoms with Gasteiger partial charge in [-0.2, -0.15) is 0 Å². The molecule has 0 N–H and O–H groups in total. The fourth-order valence-electron chi connectivity index (χ4n) is 1.72. The molecule has 0 aromatic carbocycles. The molecule has 0 saturated carbocycles. The average molecular weight is 214 g/mol. The lowest BCUT2D eigenvalue weighted by molar-refractivity contribution is -0.144. The number of unbranched alkanes of at least 4 members (excludes halogenated alkanes) is 2. The minimum atomic E-state index is -0.0633. The molecule has 0 saturated heterocycles. The normalized spacial score (nSPS) is 12.5. The molecule has 0 unspecified atom stereocenters. The topological polar surface area (TPSA) is 26.3 Å². The van der Waals surface area contributed by atoms with Gasteiger partial charge in [-0.3, -0.25) is 4.79 Å². The second-order valence-electron chi connectivity index (χ2n) is 4.19. The summed E-state index contributed by atoms with van der Waals surface area (Å²) in [5, 5.41) is 0. The zero-order valence-electron chi connectivity index (χ0n) is 10.6. The summed E-state index contributed by atoms with van der Waals surface area (Å²) in [5.74, 6) is 0.517. The van der Waals surface area contributed by atoms with Crippen LogP contribution in [-0.4, -0.2) is 12.6 Å². The maximum absolute atomic E-state index is 11.0. The average Bonchev–Trinajstić information content (AvgIpc) is 2.25. The number of carbonyl (C=O) groups excluding carboxylic acids is 1. The first kappa shape index (κ1) is 14.5. The lowest BCUT2D eigenvalue weighted by Gasteiger charge is -2.15. The zero-order valence-corrected chi connectivity index (χ0v) is 10.6. The van der Waals surface area contributed by atoms with E-state index in [-0.39, 0.29) is 5.97 Å². The minimum absolute atomic E-state index is 0.0633. The van der Waals surface area contributed by atoms with Crippen molar-refractivity contribution >= 4 is 5.97 Å². The third-order valence-corrected chi connectivity index (χ3v) is 2.68. The summed E-state index contributed by atoms with van der Waals surface area (Å²) in [4.78, 5) is 11.0. The molecule has 1 atom stereocenters. The number of rotatable bonds is 9. The molecule has 2 nitrogen and oxygen atoms in total. The molecule has 0 aliphatic heterocycles. The maximum Gasteiger partial charge on any atom is 0.305 e. The Balaban J connectivity index is 3.66. The van der Waals surface area contributed by atoms with Crippen molar-refractivity contribution in [1.29, 1.82) is 0 Å². The Hall–Kier alpha value is -0.530. The quantitative estimate of drug-likeness (QED) is 0.429. The number of esters is 1. The van der Waals surface area contributed by atoms with E-state index in [1.54, 1.807) is 0 Å². The predicted molar refractivity (Wildman–Crippen MR) is 63.8 cm³/mol. The van der Waals surface area contributed by atoms with E-state index in [0.29, 0.717) is 18.9 Å². The third kappa shape index (κ3) is 8.46. The highest BCUT2D eigenvalue weighted by molar-refractivity contribution is 5.68. The van der Waals surface area contributed by atoms with Crippen molar-refractivity contribution in [3.05, 3.63) is 0 Å². The van der Waals surface area contributed by atoms with Crippen LogP contribution in [0.1, 0.15) is 65.7 Å². The van der Waals surface area contributed by atoms with E-state index < -0.39 is 0 Å². The third-order valence-electron chi connectivity index (χ3n) is 2.68. The number of hydrogen-bond donors (Lipinski definition) is 0. The van der Waals surface area contributed by atoms with Crippen molar-refractivity contribution in [2.45, 2.75) is 65.7 Å². The van der Waals surface area contributed by atoms with Gasteiger partial charge in [0.25, 0.3) is 0 Å². The van der Waals surface area contributed by atoms with Crippen LogP contribution in [0, 0.1) is 5.92 Å². The van der Waals surface area contributed by atoms with Gasteiger partial charge in [0.15, 0.2) is 0 Å². The first-order valence-corrected chi connectivity index (χ1v) is 6.40. The maximum atomic E-state index is 11.0. The summed E-state index contributed by atoms with van der Waals surface area (Å²) in [6.45, 7) is 6.87. The number of ether oxygens (including phenoxy) is 1. The van der Waals surface area contributed by atoms with Crippen LogP contribution >= 0.6 is 0 Å². The van der Waals surface area contributed by atoms with Crippen LogP contribution in [0.25, 0.3) is 0 Å². The molecule has 0 aromatic rings. The van der Waals surface area contributed by atoms with Crippen LogP contribution in [0.3, 0.4) is 0 Å². The van der Waals surface area contributed by atoms with Crippen LogP contribution in [-0.2, 0) is 9.53 Å². The summed E-state index contributed by atoms with van der Waals surface area (Å²) in [6, 6.07) is 0. The van der Waals surface area contributed by atoms with Crippen molar-refractivity contribution in [2.24, 2.45) is 5.92 Å². The summed E-state index contributed by atoms with van der Waals surface area (Å²) in [7, 11) is 0. The molecule has 15 heavy (non-hydrogen) atoms. The summed E-state index contributed by atoms with van der Waals surface area (Å²) < 4.78 is 5.20. The smallest absolute Gasteiger partial charge is 0.305 e. The Morgan fingerprint density at radius 2 is 1.80 bits per heavy atom. The van der Waals surface area contributed by atoms with Crippen LogP contribution < -0.4 is 0 Å². The van der Waals surface area contributed by atoms with Gasteiger partial charge in [0.2, 0.25) is 0 Å². The highest BCUT2D eigenvalue weighted by atomic mass is 16.5. The van der Waals surface area contributed by atoms with Crippen molar-refractivity contribution in [3.63, 3.8) is 0 Å². The lowest BCUT2D eigenvalue weighted by Crippen LogP contribution is -2.13. The van der Waals surface area contributed by atoms with Gasteiger partial charge >= 0.3 is 5.97 Å². The second kappa shape index (κ2) is 10.0. The number of hydrogen-bond acceptors (Lipinski definition) is 2. The standard InChI is InChI=1S/C13H26O2/c1-4-7-8-10-12(9-5-2)11-15-13(14)6-3/h12H,4-11H2,1-3H3/t12-/m1/s1. The van der Waals surface area contributed by atoms with Crippen LogP contribution in [0.2, 0.25) is 0 Å². The Labute approximate surface area is 94.4 Å². The van der Waals surface area contributed by atoms with Gasteiger partial charge < -0.3 is 4.74 Å². The van der Waals surface area contributed by atoms with Gasteiger partial charge in [0.05, 0.1) is 6.61 Å². The Kier molecular flexibility index (Phi) is 9.65. The Morgan fingerprint density at radius 3 is 2.33 bits per heavy atom. The van der Waals surface area contributed by atoms with Crippen molar-refractivity contribution in [1.82, 2.24) is 0 Å². The molecule has 90 valence electrons. The lowest BCUT2D eigenvalue weighted by atomic mass is 9.97. The molecule has 0 aliphatic carbocycles. The molecule has 0 aliphatic rings. The molecule has 0 fully saturated rings. The second-order valence-corrected chi connectivity index (χ2v) is 4.19. The zero-order chi connectivity index (χ0) is 11.5. The highest BCUT2D eigenvalue weighted by Crippen LogP contribution is 2.16. The van der Waals surface area contributed by atoms with E-state index in [0.717, 1.165) is 0 Å². The van der Waals surface area contributed by atoms with Gasteiger partial charge in [-0.25, -0.2) is 0 Å². The van der Waals surface area contributed by atoms with Gasteiger partial charge in [0, 0.05) is 6.42 Å². The van der Waals surface area contributed by atoms with E-state index in [1.807, 2.05) is 6.92 Å². The summed E-state index contributed by atoms with van der Waals surface area (Å²) >= 11 is 0. The SMILES string of the molecule is CCCCC[C@@H](CCC)COC(=O)CC. The Morgan fingerprint density at radius 1 is 1.07 bits per heavy atom. The molecule has 0 amide bonds. The molecule has 0 rings (SSSR count). The van der Waals surface area contributed by atoms with E-state index >= 15 is 0 Å². The molecular weight excluding hydrogens is 188 g/mol. The molecule has 0 aromatic heterocycles. The fraction of sp³-hybridized carbons (Fsp3) is 0.923. The summed E-state index contributed by atoms with van der Waals surface area (Å²) in [5.41, 5.74) is 0. The van der Waals surface area contributed by atoms with Gasteiger partial charge in [0.1, 0.15) is 0 Å². The largest absolute Gasteiger partial charge is 0.465 e. The van der Waals surface area contributed by atoms with Crippen molar-refractivity contribution in [3.8, 4) is 0 Å². The molecule has 0 spiro atoms. The molecular formula is C13H26O2. The first-order valence-electron chi connectivity index (χ1n) is 6.40. The van der Waals surface area contributed by atoms with Gasteiger partial charge in [-0.1, -0.05) is 46.5 Å². The van der Waals surface area contributed by atoms with E-state index in [1.165, 1.54) is 38.5 Å². The molecule has 2 heteroatoms. The van der Waals surface area contributed by atoms with Gasteiger partial charge in [-0.05, 0) is 18.8 Å². The Bertz CT molecular complexity index is 155. The van der Waals surface area contributed by atoms with Crippen molar-refractivity contribution < 1.29 is 9.53 Å². The number of carbonyl (C=O) groups is 1. The monoisotopic (exact) mass is 214 g/mol. The first-order chi connectivity index (χ1) is 7.24. The van der Waals surface area contributed by atoms with E-state index in [9.17, 15) is 4.79 Å². The summed E-state index contributed by atoms with van der Waals surface area (Å²) in [6.07, 6.45) is 7.88. The van der Waals surface area contributed by atoms with E-state index in [4.69, 9.17) is 4.74 Å². The van der Waals surface area contributed by atoms with Crippen LogP contribution in [0.5, 0.6) is 0 Å². The van der Waals surface area contributed by atoms with Crippen LogP contribution in [0.4, 0.5) is 0 Å². The highest BCUT2D eigenvalue weighted by Gasteiger charge is 2.09. The van der Waals surface area contributed by atoms with Crippen LogP contribution in [0.15, 0.2) is 0 Å². The fourth-order valence-corrected chi connectivity index (χ4v) is 1.72. The predicted octanol–water partition coefficient (Wildman–Crippen LogP) is 3.94. The molecule has 0 radical (unpaired) electrons. The van der Waals surface area contributed by atoms with E-state index in [2.05, 4.69) is 13.8 Å². The van der Waals surface area contributed by atoms with Gasteiger partial charge in [-0.15, -0.1) is 0 Å². The molecule has 0 bridgehead atoms. The minimum Gasteiger partial charge on any atom is -0.465 e. The molecule has 0 heterocycles. The van der Waals surface area contributed by atoms with Crippen molar-refractivity contribution in [2.75, 3.05) is 6.61 Å².